The lowest BCUT2D eigenvalue weighted by Crippen LogP contribution is -2.46. The number of nitrogens with zero attached hydrogens (tertiary/aromatic N) is 1. The molecule has 0 spiro atoms. The Morgan fingerprint density at radius 3 is 2.55 bits per heavy atom. The fourth-order valence-corrected chi connectivity index (χ4v) is 3.96. The first-order valence-corrected chi connectivity index (χ1v) is 10.8. The Kier molecular flexibility index (Phi) is 6.93. The van der Waals surface area contributed by atoms with Gasteiger partial charge in [-0.1, -0.05) is 0 Å². The third kappa shape index (κ3) is 5.58. The monoisotopic (exact) mass is 428 g/mol. The second-order valence-corrected chi connectivity index (χ2v) is 8.29. The number of hydrogen-bond donors (Lipinski definition) is 1. The molecule has 1 N–H and O–H groups in total. The molecule has 29 heavy (non-hydrogen) atoms. The standard InChI is InChI=1S/C18H24N2O8S/c1-13(18(22)20-6-8-25-9-7-20)28-17(21)4-5-19-29(23,24)14-2-3-15-16(12-14)27-11-10-26-15/h2-3,12-13,19H,4-11H2,1H3/t13-/m1/s1. The lowest BCUT2D eigenvalue weighted by Gasteiger charge is -2.28. The maximum Gasteiger partial charge on any atom is 0.307 e. The zero-order valence-electron chi connectivity index (χ0n) is 16.1. The van der Waals surface area contributed by atoms with Crippen LogP contribution in [0.5, 0.6) is 11.5 Å². The van der Waals surface area contributed by atoms with E-state index >= 15 is 0 Å². The fraction of sp³-hybridized carbons (Fsp3) is 0.556. The normalized spacial score (nSPS) is 17.5. The highest BCUT2D eigenvalue weighted by Gasteiger charge is 2.25. The van der Waals surface area contributed by atoms with E-state index in [-0.39, 0.29) is 23.8 Å². The molecule has 1 aromatic rings. The van der Waals surface area contributed by atoms with E-state index in [2.05, 4.69) is 4.72 Å². The molecular weight excluding hydrogens is 404 g/mol. The zero-order chi connectivity index (χ0) is 20.9. The van der Waals surface area contributed by atoms with Crippen molar-refractivity contribution in [1.82, 2.24) is 9.62 Å². The number of rotatable bonds is 7. The van der Waals surface area contributed by atoms with E-state index < -0.39 is 22.1 Å². The molecule has 1 amide bonds. The SMILES string of the molecule is C[C@@H](OC(=O)CCNS(=O)(=O)c1ccc2c(c1)OCCO2)C(=O)N1CCOCC1. The predicted molar refractivity (Wildman–Crippen MR) is 100 cm³/mol. The van der Waals surface area contributed by atoms with Crippen LogP contribution in [-0.2, 0) is 29.1 Å². The van der Waals surface area contributed by atoms with Crippen molar-refractivity contribution in [2.75, 3.05) is 46.1 Å². The van der Waals surface area contributed by atoms with Gasteiger partial charge in [-0.15, -0.1) is 0 Å². The van der Waals surface area contributed by atoms with Crippen LogP contribution in [0.4, 0.5) is 0 Å². The molecular formula is C18H24N2O8S. The second-order valence-electron chi connectivity index (χ2n) is 6.52. The van der Waals surface area contributed by atoms with Crippen molar-refractivity contribution in [2.24, 2.45) is 0 Å². The topological polar surface area (TPSA) is 120 Å². The van der Waals surface area contributed by atoms with Gasteiger partial charge in [0.15, 0.2) is 17.6 Å². The number of morpholine rings is 1. The average Bonchev–Trinajstić information content (AvgIpc) is 2.73. The molecule has 3 rings (SSSR count). The van der Waals surface area contributed by atoms with Crippen LogP contribution in [0.3, 0.4) is 0 Å². The van der Waals surface area contributed by atoms with Crippen molar-refractivity contribution >= 4 is 21.9 Å². The van der Waals surface area contributed by atoms with E-state index in [9.17, 15) is 18.0 Å². The Morgan fingerprint density at radius 1 is 1.14 bits per heavy atom. The van der Waals surface area contributed by atoms with Gasteiger partial charge in [0.2, 0.25) is 10.0 Å². The number of nitrogens with one attached hydrogen (secondary N) is 1. The van der Waals surface area contributed by atoms with Crippen LogP contribution >= 0.6 is 0 Å². The average molecular weight is 428 g/mol. The van der Waals surface area contributed by atoms with Crippen molar-refractivity contribution in [3.8, 4) is 11.5 Å². The second kappa shape index (κ2) is 9.42. The van der Waals surface area contributed by atoms with Gasteiger partial charge in [-0.05, 0) is 19.1 Å². The summed E-state index contributed by atoms with van der Waals surface area (Å²) in [5, 5.41) is 0. The van der Waals surface area contributed by atoms with E-state index in [1.807, 2.05) is 0 Å². The van der Waals surface area contributed by atoms with Gasteiger partial charge < -0.3 is 23.8 Å². The third-order valence-corrected chi connectivity index (χ3v) is 5.88. The lowest BCUT2D eigenvalue weighted by molar-refractivity contribution is -0.160. The highest BCUT2D eigenvalue weighted by Crippen LogP contribution is 2.32. The van der Waals surface area contributed by atoms with Gasteiger partial charge in [0.25, 0.3) is 5.91 Å². The summed E-state index contributed by atoms with van der Waals surface area (Å²) in [6.07, 6.45) is -1.14. The number of carbonyl (C=O) groups excluding carboxylic acids is 2. The van der Waals surface area contributed by atoms with Gasteiger partial charge in [0.05, 0.1) is 24.5 Å². The minimum Gasteiger partial charge on any atom is -0.486 e. The molecule has 0 bridgehead atoms. The first kappa shape index (κ1) is 21.3. The van der Waals surface area contributed by atoms with E-state index in [4.69, 9.17) is 18.9 Å². The quantitative estimate of drug-likeness (QED) is 0.599. The minimum atomic E-state index is -3.83. The van der Waals surface area contributed by atoms with Gasteiger partial charge in [0, 0.05) is 25.7 Å². The number of amides is 1. The van der Waals surface area contributed by atoms with Crippen LogP contribution in [0, 0.1) is 0 Å². The van der Waals surface area contributed by atoms with Crippen molar-refractivity contribution in [3.63, 3.8) is 0 Å². The predicted octanol–water partition coefficient (Wildman–Crippen LogP) is -0.0833. The first-order valence-electron chi connectivity index (χ1n) is 9.32. The Hall–Kier alpha value is -2.37. The van der Waals surface area contributed by atoms with Gasteiger partial charge in [-0.25, -0.2) is 13.1 Å². The van der Waals surface area contributed by atoms with E-state index in [1.54, 1.807) is 4.90 Å². The summed E-state index contributed by atoms with van der Waals surface area (Å²) in [7, 11) is -3.83. The molecule has 11 heteroatoms. The molecule has 2 aliphatic rings. The van der Waals surface area contributed by atoms with Crippen molar-refractivity contribution < 1.29 is 37.0 Å². The van der Waals surface area contributed by atoms with Crippen molar-refractivity contribution in [3.05, 3.63) is 18.2 Å². The lowest BCUT2D eigenvalue weighted by atomic mass is 10.3. The molecule has 1 atom stereocenters. The Balaban J connectivity index is 1.47. The maximum atomic E-state index is 12.4. The number of benzene rings is 1. The highest BCUT2D eigenvalue weighted by atomic mass is 32.2. The van der Waals surface area contributed by atoms with E-state index in [1.165, 1.54) is 25.1 Å². The third-order valence-electron chi connectivity index (χ3n) is 4.42. The molecule has 2 aliphatic heterocycles. The molecule has 0 saturated carbocycles. The summed E-state index contributed by atoms with van der Waals surface area (Å²) in [5.74, 6) is -0.117. The van der Waals surface area contributed by atoms with Crippen LogP contribution in [0.1, 0.15) is 13.3 Å². The number of ether oxygens (including phenoxy) is 4. The fourth-order valence-electron chi connectivity index (χ4n) is 2.91. The molecule has 0 radical (unpaired) electrons. The van der Waals surface area contributed by atoms with Crippen LogP contribution < -0.4 is 14.2 Å². The van der Waals surface area contributed by atoms with Crippen LogP contribution in [0.15, 0.2) is 23.1 Å². The molecule has 0 aliphatic carbocycles. The van der Waals surface area contributed by atoms with Gasteiger partial charge in [0.1, 0.15) is 13.2 Å². The van der Waals surface area contributed by atoms with E-state index in [0.717, 1.165) is 0 Å². The molecule has 10 nitrogen and oxygen atoms in total. The Morgan fingerprint density at radius 2 is 1.83 bits per heavy atom. The van der Waals surface area contributed by atoms with Crippen molar-refractivity contribution in [1.29, 1.82) is 0 Å². The Bertz CT molecular complexity index is 851. The molecule has 0 aromatic heterocycles. The molecule has 2 heterocycles. The molecule has 160 valence electrons. The Labute approximate surface area is 169 Å². The smallest absolute Gasteiger partial charge is 0.307 e. The summed E-state index contributed by atoms with van der Waals surface area (Å²) in [4.78, 5) is 25.8. The molecule has 0 unspecified atom stereocenters. The van der Waals surface area contributed by atoms with Gasteiger partial charge >= 0.3 is 5.97 Å². The number of sulfonamides is 1. The summed E-state index contributed by atoms with van der Waals surface area (Å²) in [5.41, 5.74) is 0. The number of fused-ring (bicyclic) bond motifs is 1. The maximum absolute atomic E-state index is 12.4. The van der Waals surface area contributed by atoms with Crippen LogP contribution in [0.25, 0.3) is 0 Å². The van der Waals surface area contributed by atoms with Crippen LogP contribution in [0.2, 0.25) is 0 Å². The van der Waals surface area contributed by atoms with Crippen molar-refractivity contribution in [2.45, 2.75) is 24.3 Å². The summed E-state index contributed by atoms with van der Waals surface area (Å²) < 4.78 is 48.2. The zero-order valence-corrected chi connectivity index (χ0v) is 16.9. The summed E-state index contributed by atoms with van der Waals surface area (Å²) >= 11 is 0. The van der Waals surface area contributed by atoms with E-state index in [0.29, 0.717) is 51.0 Å². The number of carbonyl (C=O) groups is 2. The molecule has 1 saturated heterocycles. The van der Waals surface area contributed by atoms with Crippen LogP contribution in [-0.4, -0.2) is 77.4 Å². The molecule has 1 fully saturated rings. The molecule has 1 aromatic carbocycles. The number of hydrogen-bond acceptors (Lipinski definition) is 8. The summed E-state index contributed by atoms with van der Waals surface area (Å²) in [6.45, 7) is 3.90. The highest BCUT2D eigenvalue weighted by molar-refractivity contribution is 7.89. The minimum absolute atomic E-state index is 0.00554. The van der Waals surface area contributed by atoms with Gasteiger partial charge in [-0.2, -0.15) is 0 Å². The largest absolute Gasteiger partial charge is 0.486 e. The first-order chi connectivity index (χ1) is 13.9. The summed E-state index contributed by atoms with van der Waals surface area (Å²) in [6, 6.07) is 4.30. The number of esters is 1. The van der Waals surface area contributed by atoms with Gasteiger partial charge in [-0.3, -0.25) is 9.59 Å².